The Labute approximate surface area is 104 Å². The van der Waals surface area contributed by atoms with Gasteiger partial charge in [0.1, 0.15) is 0 Å². The number of likely N-dealkylation sites (N-methyl/N-ethyl adjacent to an activating group) is 1. The maximum Gasteiger partial charge on any atom is 0.337 e. The lowest BCUT2D eigenvalue weighted by molar-refractivity contribution is -0.116. The maximum atomic E-state index is 11.4. The van der Waals surface area contributed by atoms with Crippen LogP contribution < -0.4 is 5.32 Å². The van der Waals surface area contributed by atoms with Gasteiger partial charge in [0.25, 0.3) is 0 Å². The summed E-state index contributed by atoms with van der Waals surface area (Å²) >= 11 is 5.77. The molecule has 0 saturated carbocycles. The van der Waals surface area contributed by atoms with Crippen LogP contribution in [-0.2, 0) is 4.79 Å². The van der Waals surface area contributed by atoms with Crippen molar-refractivity contribution in [2.75, 3.05) is 26.0 Å². The number of nitrogens with zero attached hydrogens (tertiary/aromatic N) is 1. The molecular weight excluding hydrogens is 244 g/mol. The fraction of sp³-hybridized carbons (Fsp3) is 0.273. The zero-order chi connectivity index (χ0) is 13.0. The summed E-state index contributed by atoms with van der Waals surface area (Å²) in [6.45, 7) is 0.248. The van der Waals surface area contributed by atoms with Gasteiger partial charge in [-0.2, -0.15) is 0 Å². The van der Waals surface area contributed by atoms with Gasteiger partial charge in [0, 0.05) is 5.69 Å². The number of amides is 1. The van der Waals surface area contributed by atoms with Gasteiger partial charge in [0.15, 0.2) is 0 Å². The molecule has 0 fully saturated rings. The van der Waals surface area contributed by atoms with Crippen LogP contribution in [0.3, 0.4) is 0 Å². The van der Waals surface area contributed by atoms with E-state index in [0.717, 1.165) is 0 Å². The van der Waals surface area contributed by atoms with Gasteiger partial charge >= 0.3 is 5.97 Å². The average molecular weight is 257 g/mol. The molecule has 6 heteroatoms. The zero-order valence-electron chi connectivity index (χ0n) is 9.53. The molecule has 1 amide bonds. The van der Waals surface area contributed by atoms with Crippen molar-refractivity contribution in [3.8, 4) is 0 Å². The summed E-state index contributed by atoms with van der Waals surface area (Å²) in [6.07, 6.45) is 0. The SMILES string of the molecule is CN(C)CC(=O)Nc1ccc(C(=O)O)c(Cl)c1. The number of rotatable bonds is 4. The Hall–Kier alpha value is -1.59. The third kappa shape index (κ3) is 4.05. The molecule has 0 aliphatic heterocycles. The Balaban J connectivity index is 2.77. The smallest absolute Gasteiger partial charge is 0.337 e. The van der Waals surface area contributed by atoms with Crippen LogP contribution in [0.2, 0.25) is 5.02 Å². The summed E-state index contributed by atoms with van der Waals surface area (Å²) in [7, 11) is 3.56. The predicted octanol–water partition coefficient (Wildman–Crippen LogP) is 1.54. The second kappa shape index (κ2) is 5.65. The van der Waals surface area contributed by atoms with Crippen LogP contribution in [0.25, 0.3) is 0 Å². The molecule has 0 atom stereocenters. The highest BCUT2D eigenvalue weighted by Crippen LogP contribution is 2.20. The summed E-state index contributed by atoms with van der Waals surface area (Å²) in [4.78, 5) is 23.9. The predicted molar refractivity (Wildman–Crippen MR) is 65.6 cm³/mol. The van der Waals surface area contributed by atoms with Crippen molar-refractivity contribution in [1.29, 1.82) is 0 Å². The lowest BCUT2D eigenvalue weighted by atomic mass is 10.2. The van der Waals surface area contributed by atoms with Gasteiger partial charge in [-0.3, -0.25) is 4.79 Å². The minimum absolute atomic E-state index is 0.0114. The standard InChI is InChI=1S/C11H13ClN2O3/c1-14(2)6-10(15)13-7-3-4-8(11(16)17)9(12)5-7/h3-5H,6H2,1-2H3,(H,13,15)(H,16,17). The van der Waals surface area contributed by atoms with Gasteiger partial charge in [-0.25, -0.2) is 4.79 Å². The van der Waals surface area contributed by atoms with E-state index in [1.54, 1.807) is 19.0 Å². The number of nitrogens with one attached hydrogen (secondary N) is 1. The Kier molecular flexibility index (Phi) is 4.48. The average Bonchev–Trinajstić information content (AvgIpc) is 2.15. The van der Waals surface area contributed by atoms with Crippen LogP contribution in [0.15, 0.2) is 18.2 Å². The molecule has 0 aliphatic carbocycles. The molecule has 1 aromatic rings. The normalized spacial score (nSPS) is 10.4. The minimum atomic E-state index is -1.10. The van der Waals surface area contributed by atoms with Gasteiger partial charge in [-0.05, 0) is 32.3 Å². The number of carboxylic acid groups (broad SMARTS) is 1. The molecule has 0 aromatic heterocycles. The van der Waals surface area contributed by atoms with E-state index in [0.29, 0.717) is 5.69 Å². The van der Waals surface area contributed by atoms with Crippen molar-refractivity contribution in [3.63, 3.8) is 0 Å². The highest BCUT2D eigenvalue weighted by molar-refractivity contribution is 6.33. The first-order chi connectivity index (χ1) is 7.90. The quantitative estimate of drug-likeness (QED) is 0.857. The summed E-state index contributed by atoms with van der Waals surface area (Å²) in [5.74, 6) is -1.28. The molecule has 17 heavy (non-hydrogen) atoms. The Morgan fingerprint density at radius 3 is 2.53 bits per heavy atom. The molecule has 0 heterocycles. The van der Waals surface area contributed by atoms with E-state index in [-0.39, 0.29) is 23.0 Å². The molecule has 0 bridgehead atoms. The Morgan fingerprint density at radius 2 is 2.06 bits per heavy atom. The number of hydrogen-bond acceptors (Lipinski definition) is 3. The van der Waals surface area contributed by atoms with Crippen molar-refractivity contribution in [3.05, 3.63) is 28.8 Å². The number of hydrogen-bond donors (Lipinski definition) is 2. The fourth-order valence-electron chi connectivity index (χ4n) is 1.25. The van der Waals surface area contributed by atoms with Crippen LogP contribution in [0.4, 0.5) is 5.69 Å². The van der Waals surface area contributed by atoms with Crippen molar-refractivity contribution < 1.29 is 14.7 Å². The second-order valence-corrected chi connectivity index (χ2v) is 4.19. The molecule has 0 radical (unpaired) electrons. The molecule has 0 spiro atoms. The number of anilines is 1. The summed E-state index contributed by atoms with van der Waals surface area (Å²) in [5, 5.41) is 11.5. The van der Waals surface area contributed by atoms with E-state index in [9.17, 15) is 9.59 Å². The molecule has 0 saturated heterocycles. The summed E-state index contributed by atoms with van der Waals surface area (Å²) in [5.41, 5.74) is 0.490. The van der Waals surface area contributed by atoms with Crippen molar-refractivity contribution in [2.45, 2.75) is 0 Å². The monoisotopic (exact) mass is 256 g/mol. The van der Waals surface area contributed by atoms with Crippen LogP contribution in [0, 0.1) is 0 Å². The fourth-order valence-corrected chi connectivity index (χ4v) is 1.52. The first kappa shape index (κ1) is 13.5. The third-order valence-corrected chi connectivity index (χ3v) is 2.26. The van der Waals surface area contributed by atoms with Crippen LogP contribution >= 0.6 is 11.6 Å². The van der Waals surface area contributed by atoms with Gasteiger partial charge in [0.2, 0.25) is 5.91 Å². The number of halogens is 1. The van der Waals surface area contributed by atoms with Crippen LogP contribution in [0.1, 0.15) is 10.4 Å². The number of carbonyl (C=O) groups is 2. The summed E-state index contributed by atoms with van der Waals surface area (Å²) < 4.78 is 0. The Bertz CT molecular complexity index is 446. The lowest BCUT2D eigenvalue weighted by Gasteiger charge is -2.10. The van der Waals surface area contributed by atoms with Gasteiger partial charge in [-0.15, -0.1) is 0 Å². The van der Waals surface area contributed by atoms with Crippen molar-refractivity contribution in [2.24, 2.45) is 0 Å². The number of carbonyl (C=O) groups excluding carboxylic acids is 1. The molecule has 1 aromatic carbocycles. The number of benzene rings is 1. The number of carboxylic acids is 1. The minimum Gasteiger partial charge on any atom is -0.478 e. The second-order valence-electron chi connectivity index (χ2n) is 3.79. The molecular formula is C11H13ClN2O3. The zero-order valence-corrected chi connectivity index (χ0v) is 10.3. The topological polar surface area (TPSA) is 69.6 Å². The summed E-state index contributed by atoms with van der Waals surface area (Å²) in [6, 6.07) is 4.28. The van der Waals surface area contributed by atoms with E-state index in [1.165, 1.54) is 18.2 Å². The van der Waals surface area contributed by atoms with E-state index >= 15 is 0 Å². The van der Waals surface area contributed by atoms with Crippen LogP contribution in [0.5, 0.6) is 0 Å². The first-order valence-corrected chi connectivity index (χ1v) is 5.25. The molecule has 5 nitrogen and oxygen atoms in total. The highest BCUT2D eigenvalue weighted by atomic mass is 35.5. The van der Waals surface area contributed by atoms with Crippen LogP contribution in [-0.4, -0.2) is 42.5 Å². The van der Waals surface area contributed by atoms with Gasteiger partial charge < -0.3 is 15.3 Å². The maximum absolute atomic E-state index is 11.4. The van der Waals surface area contributed by atoms with Gasteiger partial charge in [-0.1, -0.05) is 11.6 Å². The lowest BCUT2D eigenvalue weighted by Crippen LogP contribution is -2.27. The van der Waals surface area contributed by atoms with E-state index in [2.05, 4.69) is 5.32 Å². The molecule has 1 rings (SSSR count). The third-order valence-electron chi connectivity index (χ3n) is 1.94. The molecule has 0 aliphatic rings. The Morgan fingerprint density at radius 1 is 1.41 bits per heavy atom. The molecule has 0 unspecified atom stereocenters. The first-order valence-electron chi connectivity index (χ1n) is 4.87. The largest absolute Gasteiger partial charge is 0.478 e. The van der Waals surface area contributed by atoms with E-state index < -0.39 is 5.97 Å². The van der Waals surface area contributed by atoms with Crippen molar-refractivity contribution in [1.82, 2.24) is 4.90 Å². The van der Waals surface area contributed by atoms with Crippen molar-refractivity contribution >= 4 is 29.2 Å². The van der Waals surface area contributed by atoms with E-state index in [1.807, 2.05) is 0 Å². The highest BCUT2D eigenvalue weighted by Gasteiger charge is 2.10. The van der Waals surface area contributed by atoms with Gasteiger partial charge in [0.05, 0.1) is 17.1 Å². The molecule has 2 N–H and O–H groups in total. The van der Waals surface area contributed by atoms with E-state index in [4.69, 9.17) is 16.7 Å². The number of aromatic carboxylic acids is 1. The molecule has 92 valence electrons.